The van der Waals surface area contributed by atoms with Crippen LogP contribution in [0.3, 0.4) is 0 Å². The Kier molecular flexibility index (Phi) is 4.44. The molecule has 21 heavy (non-hydrogen) atoms. The molecule has 114 valence electrons. The normalized spacial score (nSPS) is 23.3. The topological polar surface area (TPSA) is 38.8 Å². The molecule has 0 aromatic heterocycles. The second kappa shape index (κ2) is 6.48. The minimum atomic E-state index is 0.143. The van der Waals surface area contributed by atoms with Gasteiger partial charge in [-0.2, -0.15) is 0 Å². The van der Waals surface area contributed by atoms with E-state index < -0.39 is 0 Å². The van der Waals surface area contributed by atoms with Gasteiger partial charge in [0.1, 0.15) is 5.75 Å². The number of amides is 1. The molecule has 2 aliphatic heterocycles. The van der Waals surface area contributed by atoms with E-state index in [2.05, 4.69) is 17.0 Å². The molecule has 0 spiro atoms. The molecular formula is C17H23NO3. The van der Waals surface area contributed by atoms with Crippen molar-refractivity contribution in [1.82, 2.24) is 4.90 Å². The van der Waals surface area contributed by atoms with Gasteiger partial charge in [0.25, 0.3) is 0 Å². The Morgan fingerprint density at radius 1 is 1.29 bits per heavy atom. The molecule has 2 heterocycles. The summed E-state index contributed by atoms with van der Waals surface area (Å²) in [6.07, 6.45) is 3.85. The summed E-state index contributed by atoms with van der Waals surface area (Å²) in [6, 6.07) is 8.31. The van der Waals surface area contributed by atoms with Crippen molar-refractivity contribution in [2.45, 2.75) is 31.7 Å². The van der Waals surface area contributed by atoms with Gasteiger partial charge in [-0.3, -0.25) is 4.79 Å². The summed E-state index contributed by atoms with van der Waals surface area (Å²) in [7, 11) is 1.68. The zero-order valence-electron chi connectivity index (χ0n) is 12.6. The van der Waals surface area contributed by atoms with E-state index in [0.29, 0.717) is 19.1 Å². The van der Waals surface area contributed by atoms with Gasteiger partial charge in [0.15, 0.2) is 0 Å². The van der Waals surface area contributed by atoms with E-state index in [-0.39, 0.29) is 12.0 Å². The first kappa shape index (κ1) is 14.4. The van der Waals surface area contributed by atoms with Crippen molar-refractivity contribution in [2.24, 2.45) is 5.92 Å². The summed E-state index contributed by atoms with van der Waals surface area (Å²) in [5.74, 6) is 1.31. The van der Waals surface area contributed by atoms with Gasteiger partial charge in [-0.05, 0) is 43.4 Å². The third-order valence-corrected chi connectivity index (χ3v) is 4.58. The third-order valence-electron chi connectivity index (χ3n) is 4.58. The maximum atomic E-state index is 12.8. The molecule has 0 saturated carbocycles. The zero-order chi connectivity index (χ0) is 14.7. The van der Waals surface area contributed by atoms with E-state index >= 15 is 0 Å². The molecular weight excluding hydrogens is 266 g/mol. The van der Waals surface area contributed by atoms with Gasteiger partial charge >= 0.3 is 0 Å². The molecule has 2 aliphatic rings. The lowest BCUT2D eigenvalue weighted by Crippen LogP contribution is -2.38. The van der Waals surface area contributed by atoms with E-state index in [1.807, 2.05) is 12.1 Å². The number of hydrogen-bond donors (Lipinski definition) is 0. The number of methoxy groups -OCH3 is 1. The van der Waals surface area contributed by atoms with Crippen LogP contribution in [0, 0.1) is 5.92 Å². The summed E-state index contributed by atoms with van der Waals surface area (Å²) in [6.45, 7) is 2.31. The van der Waals surface area contributed by atoms with Gasteiger partial charge in [0.05, 0.1) is 13.2 Å². The summed E-state index contributed by atoms with van der Waals surface area (Å²) in [5.41, 5.74) is 1.19. The van der Waals surface area contributed by atoms with E-state index in [9.17, 15) is 4.79 Å². The Bertz CT molecular complexity index is 497. The maximum Gasteiger partial charge on any atom is 0.226 e. The summed E-state index contributed by atoms with van der Waals surface area (Å²) < 4.78 is 10.7. The van der Waals surface area contributed by atoms with Gasteiger partial charge in [0.2, 0.25) is 5.91 Å². The lowest BCUT2D eigenvalue weighted by molar-refractivity contribution is -0.139. The van der Waals surface area contributed by atoms with Gasteiger partial charge < -0.3 is 14.4 Å². The van der Waals surface area contributed by atoms with Crippen molar-refractivity contribution in [3.63, 3.8) is 0 Å². The molecule has 0 bridgehead atoms. The number of carbonyl (C=O) groups is 1. The molecule has 4 heteroatoms. The van der Waals surface area contributed by atoms with Gasteiger partial charge in [0, 0.05) is 25.7 Å². The lowest BCUT2D eigenvalue weighted by atomic mass is 9.97. The number of ether oxygens (including phenoxy) is 2. The smallest absolute Gasteiger partial charge is 0.226 e. The first-order chi connectivity index (χ1) is 10.3. The Morgan fingerprint density at radius 3 is 2.86 bits per heavy atom. The minimum absolute atomic E-state index is 0.143. The predicted octanol–water partition coefficient (Wildman–Crippen LogP) is 2.79. The van der Waals surface area contributed by atoms with Crippen LogP contribution in [0.25, 0.3) is 0 Å². The minimum Gasteiger partial charge on any atom is -0.497 e. The van der Waals surface area contributed by atoms with Crippen molar-refractivity contribution in [1.29, 1.82) is 0 Å². The number of carbonyl (C=O) groups excluding carboxylic acids is 1. The SMILES string of the molecule is COc1cccc(C2CCCN2C(=O)C2CCOCC2)c1. The maximum absolute atomic E-state index is 12.8. The standard InChI is InChI=1S/C17H23NO3/c1-20-15-5-2-4-14(12-15)16-6-3-9-18(16)17(19)13-7-10-21-11-8-13/h2,4-5,12-13,16H,3,6-11H2,1H3. The van der Waals surface area contributed by atoms with Crippen LogP contribution in [0.15, 0.2) is 24.3 Å². The molecule has 1 atom stereocenters. The Morgan fingerprint density at radius 2 is 2.10 bits per heavy atom. The Balaban J connectivity index is 1.76. The molecule has 4 nitrogen and oxygen atoms in total. The second-order valence-corrected chi connectivity index (χ2v) is 5.85. The third kappa shape index (κ3) is 3.05. The van der Waals surface area contributed by atoms with Crippen molar-refractivity contribution in [3.8, 4) is 5.75 Å². The van der Waals surface area contributed by atoms with Crippen molar-refractivity contribution in [2.75, 3.05) is 26.9 Å². The van der Waals surface area contributed by atoms with E-state index in [0.717, 1.165) is 38.0 Å². The van der Waals surface area contributed by atoms with E-state index in [1.165, 1.54) is 5.56 Å². The molecule has 1 aromatic carbocycles. The van der Waals surface area contributed by atoms with Crippen LogP contribution in [-0.4, -0.2) is 37.7 Å². The molecule has 0 radical (unpaired) electrons. The molecule has 1 aromatic rings. The molecule has 2 fully saturated rings. The zero-order valence-corrected chi connectivity index (χ0v) is 12.6. The summed E-state index contributed by atoms with van der Waals surface area (Å²) >= 11 is 0. The first-order valence-electron chi connectivity index (χ1n) is 7.82. The number of hydrogen-bond acceptors (Lipinski definition) is 3. The Hall–Kier alpha value is -1.55. The van der Waals surface area contributed by atoms with Gasteiger partial charge in [-0.15, -0.1) is 0 Å². The van der Waals surface area contributed by atoms with Crippen LogP contribution in [0.5, 0.6) is 5.75 Å². The highest BCUT2D eigenvalue weighted by atomic mass is 16.5. The molecule has 1 unspecified atom stereocenters. The second-order valence-electron chi connectivity index (χ2n) is 5.85. The van der Waals surface area contributed by atoms with Crippen LogP contribution < -0.4 is 4.74 Å². The number of nitrogens with zero attached hydrogens (tertiary/aromatic N) is 1. The van der Waals surface area contributed by atoms with Crippen LogP contribution >= 0.6 is 0 Å². The number of likely N-dealkylation sites (tertiary alicyclic amines) is 1. The highest BCUT2D eigenvalue weighted by Crippen LogP contribution is 2.35. The lowest BCUT2D eigenvalue weighted by Gasteiger charge is -2.31. The fourth-order valence-corrected chi connectivity index (χ4v) is 3.40. The predicted molar refractivity (Wildman–Crippen MR) is 80.2 cm³/mol. The van der Waals surface area contributed by atoms with Crippen LogP contribution in [0.2, 0.25) is 0 Å². The summed E-state index contributed by atoms with van der Waals surface area (Å²) in [4.78, 5) is 14.9. The quantitative estimate of drug-likeness (QED) is 0.859. The molecule has 3 rings (SSSR count). The fourth-order valence-electron chi connectivity index (χ4n) is 3.40. The van der Waals surface area contributed by atoms with E-state index in [1.54, 1.807) is 7.11 Å². The molecule has 0 aliphatic carbocycles. The molecule has 1 amide bonds. The highest BCUT2D eigenvalue weighted by Gasteiger charge is 2.34. The van der Waals surface area contributed by atoms with Gasteiger partial charge in [-0.25, -0.2) is 0 Å². The van der Waals surface area contributed by atoms with Crippen molar-refractivity contribution in [3.05, 3.63) is 29.8 Å². The van der Waals surface area contributed by atoms with Crippen LogP contribution in [-0.2, 0) is 9.53 Å². The van der Waals surface area contributed by atoms with Crippen molar-refractivity contribution < 1.29 is 14.3 Å². The molecule has 0 N–H and O–H groups in total. The highest BCUT2D eigenvalue weighted by molar-refractivity contribution is 5.79. The van der Waals surface area contributed by atoms with E-state index in [4.69, 9.17) is 9.47 Å². The number of benzene rings is 1. The number of rotatable bonds is 3. The monoisotopic (exact) mass is 289 g/mol. The average Bonchev–Trinajstić information content (AvgIpc) is 3.04. The Labute approximate surface area is 126 Å². The fraction of sp³-hybridized carbons (Fsp3) is 0.588. The average molecular weight is 289 g/mol. The van der Waals surface area contributed by atoms with Gasteiger partial charge in [-0.1, -0.05) is 12.1 Å². The van der Waals surface area contributed by atoms with Crippen LogP contribution in [0.4, 0.5) is 0 Å². The largest absolute Gasteiger partial charge is 0.497 e. The summed E-state index contributed by atoms with van der Waals surface area (Å²) in [5, 5.41) is 0. The van der Waals surface area contributed by atoms with Crippen LogP contribution in [0.1, 0.15) is 37.3 Å². The molecule has 2 saturated heterocycles. The van der Waals surface area contributed by atoms with Crippen molar-refractivity contribution >= 4 is 5.91 Å². The first-order valence-corrected chi connectivity index (χ1v) is 7.82.